The number of pyridine rings is 1. The van der Waals surface area contributed by atoms with Gasteiger partial charge in [-0.05, 0) is 26.0 Å². The fourth-order valence-electron chi connectivity index (χ4n) is 1.41. The average Bonchev–Trinajstić information content (AvgIpc) is 2.60. The zero-order chi connectivity index (χ0) is 11.7. The Morgan fingerprint density at radius 1 is 1.31 bits per heavy atom. The molecule has 2 aromatic heterocycles. The maximum atomic E-state index is 10.6. The largest absolute Gasteiger partial charge is 0.477 e. The number of aryl methyl sites for hydroxylation is 1. The predicted octanol–water partition coefficient (Wildman–Crippen LogP) is 1.58. The summed E-state index contributed by atoms with van der Waals surface area (Å²) in [6.07, 6.45) is 3.22. The molecule has 1 N–H and O–H groups in total. The van der Waals surface area contributed by atoms with Crippen molar-refractivity contribution in [2.45, 2.75) is 13.8 Å². The van der Waals surface area contributed by atoms with Crippen LogP contribution in [0.3, 0.4) is 0 Å². The van der Waals surface area contributed by atoms with Crippen LogP contribution in [-0.4, -0.2) is 25.6 Å². The van der Waals surface area contributed by atoms with E-state index >= 15 is 0 Å². The molecule has 82 valence electrons. The van der Waals surface area contributed by atoms with Gasteiger partial charge in [0.1, 0.15) is 5.69 Å². The molecule has 0 atom stereocenters. The van der Waals surface area contributed by atoms with E-state index in [1.807, 2.05) is 18.4 Å². The van der Waals surface area contributed by atoms with Crippen LogP contribution in [0.5, 0.6) is 0 Å². The Labute approximate surface area is 92.4 Å². The topological polar surface area (TPSA) is 68.0 Å². The quantitative estimate of drug-likeness (QED) is 0.829. The van der Waals surface area contributed by atoms with Crippen LogP contribution < -0.4 is 0 Å². The van der Waals surface area contributed by atoms with Gasteiger partial charge in [0.25, 0.3) is 0 Å². The molecule has 0 unspecified atom stereocenters. The van der Waals surface area contributed by atoms with Crippen LogP contribution >= 0.6 is 0 Å². The van der Waals surface area contributed by atoms with Crippen molar-refractivity contribution < 1.29 is 9.90 Å². The highest BCUT2D eigenvalue weighted by Crippen LogP contribution is 2.12. The fraction of sp³-hybridized carbons (Fsp3) is 0.182. The number of carboxylic acid groups (broad SMARTS) is 1. The first kappa shape index (κ1) is 10.4. The van der Waals surface area contributed by atoms with Gasteiger partial charge in [0.2, 0.25) is 0 Å². The van der Waals surface area contributed by atoms with Crippen molar-refractivity contribution in [2.75, 3.05) is 0 Å². The molecule has 5 nitrogen and oxygen atoms in total. The van der Waals surface area contributed by atoms with Gasteiger partial charge in [0.05, 0.1) is 23.9 Å². The van der Waals surface area contributed by atoms with E-state index in [9.17, 15) is 4.79 Å². The Bertz CT molecular complexity index is 529. The standard InChI is InChI=1S/C11H11N3O2/c1-7-8(2)14(6-13-7)9-3-4-10(11(15)16)12-5-9/h3-6H,1-2H3,(H,15,16). The lowest BCUT2D eigenvalue weighted by Crippen LogP contribution is -2.02. The Balaban J connectivity index is 2.42. The van der Waals surface area contributed by atoms with Crippen LogP contribution in [0.1, 0.15) is 21.9 Å². The van der Waals surface area contributed by atoms with Gasteiger partial charge >= 0.3 is 5.97 Å². The molecule has 5 heteroatoms. The van der Waals surface area contributed by atoms with Gasteiger partial charge in [-0.3, -0.25) is 0 Å². The molecule has 0 amide bonds. The van der Waals surface area contributed by atoms with Crippen LogP contribution in [0.25, 0.3) is 5.69 Å². The molecule has 0 aliphatic heterocycles. The number of rotatable bonds is 2. The fourth-order valence-corrected chi connectivity index (χ4v) is 1.41. The molecule has 0 spiro atoms. The van der Waals surface area contributed by atoms with Crippen molar-refractivity contribution in [3.63, 3.8) is 0 Å². The number of hydrogen-bond donors (Lipinski definition) is 1. The maximum Gasteiger partial charge on any atom is 0.354 e. The molecule has 0 bridgehead atoms. The zero-order valence-corrected chi connectivity index (χ0v) is 9.01. The smallest absolute Gasteiger partial charge is 0.354 e. The number of carbonyl (C=O) groups is 1. The summed E-state index contributed by atoms with van der Waals surface area (Å²) in [5, 5.41) is 8.72. The maximum absolute atomic E-state index is 10.6. The first-order valence-corrected chi connectivity index (χ1v) is 4.80. The van der Waals surface area contributed by atoms with Crippen LogP contribution in [0.2, 0.25) is 0 Å². The van der Waals surface area contributed by atoms with Crippen molar-refractivity contribution in [1.29, 1.82) is 0 Å². The number of nitrogens with zero attached hydrogens (tertiary/aromatic N) is 3. The highest BCUT2D eigenvalue weighted by Gasteiger charge is 2.07. The highest BCUT2D eigenvalue weighted by atomic mass is 16.4. The van der Waals surface area contributed by atoms with E-state index in [2.05, 4.69) is 9.97 Å². The molecule has 0 radical (unpaired) electrons. The molecule has 2 rings (SSSR count). The molecule has 2 heterocycles. The third-order valence-corrected chi connectivity index (χ3v) is 2.50. The Morgan fingerprint density at radius 3 is 2.50 bits per heavy atom. The van der Waals surface area contributed by atoms with Crippen LogP contribution in [0.15, 0.2) is 24.7 Å². The van der Waals surface area contributed by atoms with Gasteiger partial charge < -0.3 is 9.67 Å². The molecule has 0 fully saturated rings. The molecule has 0 saturated carbocycles. The highest BCUT2D eigenvalue weighted by molar-refractivity contribution is 5.85. The summed E-state index contributed by atoms with van der Waals surface area (Å²) in [5.74, 6) is -1.02. The van der Waals surface area contributed by atoms with Crippen molar-refractivity contribution >= 4 is 5.97 Å². The van der Waals surface area contributed by atoms with Gasteiger partial charge in [-0.15, -0.1) is 0 Å². The zero-order valence-electron chi connectivity index (χ0n) is 9.01. The van der Waals surface area contributed by atoms with Crippen LogP contribution in [-0.2, 0) is 0 Å². The van der Waals surface area contributed by atoms with Crippen molar-refractivity contribution in [2.24, 2.45) is 0 Å². The van der Waals surface area contributed by atoms with Crippen LogP contribution in [0.4, 0.5) is 0 Å². The van der Waals surface area contributed by atoms with E-state index in [0.29, 0.717) is 0 Å². The molecule has 0 aromatic carbocycles. The van der Waals surface area contributed by atoms with E-state index in [0.717, 1.165) is 17.1 Å². The number of carboxylic acids is 1. The van der Waals surface area contributed by atoms with Gasteiger partial charge in [0, 0.05) is 5.69 Å². The van der Waals surface area contributed by atoms with E-state index in [1.165, 1.54) is 12.3 Å². The van der Waals surface area contributed by atoms with Crippen molar-refractivity contribution in [1.82, 2.24) is 14.5 Å². The molecule has 0 aliphatic rings. The Hall–Kier alpha value is -2.17. The third-order valence-electron chi connectivity index (χ3n) is 2.50. The second-order valence-electron chi connectivity index (χ2n) is 3.49. The summed E-state index contributed by atoms with van der Waals surface area (Å²) in [6, 6.07) is 3.19. The van der Waals surface area contributed by atoms with E-state index < -0.39 is 5.97 Å². The number of hydrogen-bond acceptors (Lipinski definition) is 3. The summed E-state index contributed by atoms with van der Waals surface area (Å²) in [7, 11) is 0. The van der Waals surface area contributed by atoms with Gasteiger partial charge in [-0.1, -0.05) is 0 Å². The predicted molar refractivity (Wildman–Crippen MR) is 57.8 cm³/mol. The molecular formula is C11H11N3O2. The summed E-state index contributed by atoms with van der Waals surface area (Å²) in [4.78, 5) is 18.7. The molecule has 0 saturated heterocycles. The second kappa shape index (κ2) is 3.77. The number of aromatic carboxylic acids is 1. The van der Waals surface area contributed by atoms with Gasteiger partial charge in [0.15, 0.2) is 0 Å². The molecular weight excluding hydrogens is 206 g/mol. The first-order chi connectivity index (χ1) is 7.59. The lowest BCUT2D eigenvalue weighted by Gasteiger charge is -2.04. The molecule has 2 aromatic rings. The van der Waals surface area contributed by atoms with Crippen molar-refractivity contribution in [3.05, 3.63) is 41.7 Å². The third kappa shape index (κ3) is 1.67. The normalized spacial score (nSPS) is 10.4. The molecule has 0 aliphatic carbocycles. The summed E-state index contributed by atoms with van der Waals surface area (Å²) in [5.41, 5.74) is 2.81. The summed E-state index contributed by atoms with van der Waals surface area (Å²) in [6.45, 7) is 3.87. The monoisotopic (exact) mass is 217 g/mol. The van der Waals surface area contributed by atoms with E-state index in [1.54, 1.807) is 12.4 Å². The minimum Gasteiger partial charge on any atom is -0.477 e. The first-order valence-electron chi connectivity index (χ1n) is 4.80. The van der Waals surface area contributed by atoms with Crippen molar-refractivity contribution in [3.8, 4) is 5.69 Å². The lowest BCUT2D eigenvalue weighted by atomic mass is 10.3. The minimum atomic E-state index is -1.02. The number of aromatic nitrogens is 3. The summed E-state index contributed by atoms with van der Waals surface area (Å²) < 4.78 is 1.87. The van der Waals surface area contributed by atoms with Gasteiger partial charge in [-0.2, -0.15) is 0 Å². The van der Waals surface area contributed by atoms with E-state index in [4.69, 9.17) is 5.11 Å². The molecule has 16 heavy (non-hydrogen) atoms. The lowest BCUT2D eigenvalue weighted by molar-refractivity contribution is 0.0690. The Kier molecular flexibility index (Phi) is 2.44. The van der Waals surface area contributed by atoms with E-state index in [-0.39, 0.29) is 5.69 Å². The summed E-state index contributed by atoms with van der Waals surface area (Å²) >= 11 is 0. The van der Waals surface area contributed by atoms with Gasteiger partial charge in [-0.25, -0.2) is 14.8 Å². The average molecular weight is 217 g/mol. The van der Waals surface area contributed by atoms with Crippen LogP contribution in [0, 0.1) is 13.8 Å². The second-order valence-corrected chi connectivity index (χ2v) is 3.49. The number of imidazole rings is 1. The minimum absolute atomic E-state index is 0.0400. The Morgan fingerprint density at radius 2 is 2.06 bits per heavy atom. The SMILES string of the molecule is Cc1ncn(-c2ccc(C(=O)O)nc2)c1C.